The van der Waals surface area contributed by atoms with Crippen LogP contribution in [0.2, 0.25) is 0 Å². The first-order valence-corrected chi connectivity index (χ1v) is 6.50. The fourth-order valence-electron chi connectivity index (χ4n) is 1.42. The molecule has 2 rings (SSSR count). The predicted molar refractivity (Wildman–Crippen MR) is 70.9 cm³/mol. The summed E-state index contributed by atoms with van der Waals surface area (Å²) in [5, 5.41) is 10.8. The molecule has 0 spiro atoms. The Morgan fingerprint density at radius 3 is 2.76 bits per heavy atom. The Hall–Kier alpha value is -1.20. The summed E-state index contributed by atoms with van der Waals surface area (Å²) in [5.74, 6) is 0. The lowest BCUT2D eigenvalue weighted by molar-refractivity contribution is 0.424. The van der Waals surface area contributed by atoms with Crippen LogP contribution < -0.4 is 5.32 Å². The van der Waals surface area contributed by atoms with Gasteiger partial charge in [0.25, 0.3) is 0 Å². The molecular formula is C12H18N4S. The summed E-state index contributed by atoms with van der Waals surface area (Å²) < 4.78 is 1.79. The first-order chi connectivity index (χ1) is 7.94. The maximum atomic E-state index is 4.60. The summed E-state index contributed by atoms with van der Waals surface area (Å²) in [6.07, 6.45) is 3.83. The Balaban J connectivity index is 2.06. The van der Waals surface area contributed by atoms with Crippen molar-refractivity contribution < 1.29 is 0 Å². The van der Waals surface area contributed by atoms with Crippen LogP contribution in [0.15, 0.2) is 17.8 Å². The van der Waals surface area contributed by atoms with Gasteiger partial charge in [0.05, 0.1) is 11.9 Å². The van der Waals surface area contributed by atoms with Crippen LogP contribution in [0.4, 0.5) is 0 Å². The second-order valence-corrected chi connectivity index (χ2v) is 6.08. The molecule has 2 aromatic heterocycles. The average molecular weight is 250 g/mol. The van der Waals surface area contributed by atoms with Crippen LogP contribution in [0, 0.1) is 0 Å². The average Bonchev–Trinajstić information content (AvgIpc) is 2.81. The summed E-state index contributed by atoms with van der Waals surface area (Å²) in [4.78, 5) is 4.60. The number of nitrogens with zero attached hydrogens (tertiary/aromatic N) is 3. The van der Waals surface area contributed by atoms with Crippen LogP contribution >= 0.6 is 11.3 Å². The second-order valence-electron chi connectivity index (χ2n) is 5.13. The van der Waals surface area contributed by atoms with E-state index in [1.807, 2.05) is 19.4 Å². The molecule has 0 fully saturated rings. The quantitative estimate of drug-likeness (QED) is 0.909. The lowest BCUT2D eigenvalue weighted by Gasteiger charge is -2.19. The number of aromatic nitrogens is 3. The van der Waals surface area contributed by atoms with E-state index in [0.29, 0.717) is 0 Å². The standard InChI is InChI=1S/C12H18N4S/c1-12(2,3)13-6-11-15-10(8-17-11)9-5-14-16(4)7-9/h5,7-8,13H,6H2,1-4H3. The third-order valence-corrected chi connectivity index (χ3v) is 3.17. The van der Waals surface area contributed by atoms with Crippen molar-refractivity contribution in [3.63, 3.8) is 0 Å². The normalized spacial score (nSPS) is 12.0. The molecule has 92 valence electrons. The molecule has 4 nitrogen and oxygen atoms in total. The number of rotatable bonds is 3. The smallest absolute Gasteiger partial charge is 0.107 e. The molecule has 1 N–H and O–H groups in total. The maximum absolute atomic E-state index is 4.60. The minimum atomic E-state index is 0.125. The Morgan fingerprint density at radius 2 is 2.18 bits per heavy atom. The topological polar surface area (TPSA) is 42.7 Å². The van der Waals surface area contributed by atoms with Gasteiger partial charge in [0.15, 0.2) is 0 Å². The molecule has 0 bridgehead atoms. The Morgan fingerprint density at radius 1 is 1.41 bits per heavy atom. The van der Waals surface area contributed by atoms with Gasteiger partial charge in [-0.1, -0.05) is 0 Å². The summed E-state index contributed by atoms with van der Waals surface area (Å²) in [5.41, 5.74) is 2.21. The van der Waals surface area contributed by atoms with Gasteiger partial charge >= 0.3 is 0 Å². The molecule has 0 amide bonds. The van der Waals surface area contributed by atoms with E-state index >= 15 is 0 Å². The highest BCUT2D eigenvalue weighted by molar-refractivity contribution is 7.09. The molecule has 0 unspecified atom stereocenters. The highest BCUT2D eigenvalue weighted by Crippen LogP contribution is 2.21. The van der Waals surface area contributed by atoms with Crippen LogP contribution in [0.3, 0.4) is 0 Å². The fraction of sp³-hybridized carbons (Fsp3) is 0.500. The van der Waals surface area contributed by atoms with E-state index in [1.165, 1.54) is 0 Å². The minimum absolute atomic E-state index is 0.125. The molecule has 17 heavy (non-hydrogen) atoms. The lowest BCUT2D eigenvalue weighted by atomic mass is 10.1. The van der Waals surface area contributed by atoms with Gasteiger partial charge in [0.2, 0.25) is 0 Å². The Kier molecular flexibility index (Phi) is 3.31. The van der Waals surface area contributed by atoms with Gasteiger partial charge in [0.1, 0.15) is 5.01 Å². The van der Waals surface area contributed by atoms with Crippen molar-refractivity contribution in [2.45, 2.75) is 32.9 Å². The number of thiazole rings is 1. The summed E-state index contributed by atoms with van der Waals surface area (Å²) in [6.45, 7) is 7.28. The highest BCUT2D eigenvalue weighted by Gasteiger charge is 2.11. The number of hydrogen-bond donors (Lipinski definition) is 1. The lowest BCUT2D eigenvalue weighted by Crippen LogP contribution is -2.34. The SMILES string of the molecule is Cn1cc(-c2csc(CNC(C)(C)C)n2)cn1. The minimum Gasteiger partial charge on any atom is -0.306 e. The largest absolute Gasteiger partial charge is 0.306 e. The Labute approximate surface area is 106 Å². The summed E-state index contributed by atoms with van der Waals surface area (Å²) >= 11 is 1.68. The van der Waals surface area contributed by atoms with Gasteiger partial charge in [0, 0.05) is 36.3 Å². The van der Waals surface area contributed by atoms with Gasteiger partial charge in [-0.3, -0.25) is 4.68 Å². The summed E-state index contributed by atoms with van der Waals surface area (Å²) in [6, 6.07) is 0. The molecule has 0 aliphatic rings. The molecule has 0 atom stereocenters. The fourth-order valence-corrected chi connectivity index (χ4v) is 2.16. The zero-order valence-corrected chi connectivity index (χ0v) is 11.5. The van der Waals surface area contributed by atoms with Crippen molar-refractivity contribution >= 4 is 11.3 Å². The van der Waals surface area contributed by atoms with E-state index < -0.39 is 0 Å². The molecule has 0 aliphatic heterocycles. The third kappa shape index (κ3) is 3.38. The van der Waals surface area contributed by atoms with E-state index in [-0.39, 0.29) is 5.54 Å². The van der Waals surface area contributed by atoms with Crippen LogP contribution in [0.1, 0.15) is 25.8 Å². The van der Waals surface area contributed by atoms with E-state index in [1.54, 1.807) is 16.0 Å². The van der Waals surface area contributed by atoms with Crippen molar-refractivity contribution in [1.82, 2.24) is 20.1 Å². The van der Waals surface area contributed by atoms with Crippen LogP contribution in [0.25, 0.3) is 11.3 Å². The first kappa shape index (κ1) is 12.3. The zero-order chi connectivity index (χ0) is 12.5. The molecular weight excluding hydrogens is 232 g/mol. The predicted octanol–water partition coefficient (Wildman–Crippen LogP) is 2.43. The van der Waals surface area contributed by atoms with Gasteiger partial charge in [-0.05, 0) is 20.8 Å². The van der Waals surface area contributed by atoms with Gasteiger partial charge in [-0.25, -0.2) is 4.98 Å². The van der Waals surface area contributed by atoms with Crippen LogP contribution in [-0.2, 0) is 13.6 Å². The molecule has 5 heteroatoms. The van der Waals surface area contributed by atoms with E-state index in [0.717, 1.165) is 22.8 Å². The molecule has 2 aromatic rings. The number of aryl methyl sites for hydroxylation is 1. The molecule has 0 radical (unpaired) electrons. The van der Waals surface area contributed by atoms with Crippen molar-refractivity contribution in [1.29, 1.82) is 0 Å². The van der Waals surface area contributed by atoms with E-state index in [2.05, 4.69) is 41.6 Å². The molecule has 0 saturated heterocycles. The number of hydrogen-bond acceptors (Lipinski definition) is 4. The highest BCUT2D eigenvalue weighted by atomic mass is 32.1. The molecule has 2 heterocycles. The molecule has 0 aromatic carbocycles. The van der Waals surface area contributed by atoms with Crippen molar-refractivity contribution in [2.24, 2.45) is 7.05 Å². The van der Waals surface area contributed by atoms with Crippen LogP contribution in [0.5, 0.6) is 0 Å². The maximum Gasteiger partial charge on any atom is 0.107 e. The van der Waals surface area contributed by atoms with E-state index in [4.69, 9.17) is 0 Å². The number of nitrogens with one attached hydrogen (secondary N) is 1. The van der Waals surface area contributed by atoms with Gasteiger partial charge in [-0.2, -0.15) is 5.10 Å². The monoisotopic (exact) mass is 250 g/mol. The van der Waals surface area contributed by atoms with Crippen molar-refractivity contribution in [3.8, 4) is 11.3 Å². The van der Waals surface area contributed by atoms with Gasteiger partial charge in [-0.15, -0.1) is 11.3 Å². The molecule has 0 aliphatic carbocycles. The molecule has 0 saturated carbocycles. The summed E-state index contributed by atoms with van der Waals surface area (Å²) in [7, 11) is 1.91. The second kappa shape index (κ2) is 4.58. The van der Waals surface area contributed by atoms with Gasteiger partial charge < -0.3 is 5.32 Å². The first-order valence-electron chi connectivity index (χ1n) is 5.62. The van der Waals surface area contributed by atoms with Crippen molar-refractivity contribution in [3.05, 3.63) is 22.8 Å². The zero-order valence-electron chi connectivity index (χ0n) is 10.7. The van der Waals surface area contributed by atoms with Crippen LogP contribution in [-0.4, -0.2) is 20.3 Å². The Bertz CT molecular complexity index is 493. The third-order valence-electron chi connectivity index (χ3n) is 2.32. The van der Waals surface area contributed by atoms with Crippen molar-refractivity contribution in [2.75, 3.05) is 0 Å². The van der Waals surface area contributed by atoms with E-state index in [9.17, 15) is 0 Å².